The molecule has 1 aliphatic heterocycles. The van der Waals surface area contributed by atoms with Gasteiger partial charge in [-0.05, 0) is 36.8 Å². The fourth-order valence-electron chi connectivity index (χ4n) is 4.06. The molecule has 4 rings (SSSR count). The second-order valence-corrected chi connectivity index (χ2v) is 7.98. The average Bonchev–Trinajstić information content (AvgIpc) is 3.34. The first-order chi connectivity index (χ1) is 15.7. The maximum Gasteiger partial charge on any atom is 0.237 e. The lowest BCUT2D eigenvalue weighted by Crippen LogP contribution is -2.50. The van der Waals surface area contributed by atoms with Gasteiger partial charge in [-0.1, -0.05) is 42.5 Å². The van der Waals surface area contributed by atoms with Crippen LogP contribution >= 0.6 is 0 Å². The number of hydrogen-bond donors (Lipinski definition) is 0. The lowest BCUT2D eigenvalue weighted by molar-refractivity contribution is -0.134. The van der Waals surface area contributed by atoms with E-state index in [-0.39, 0.29) is 5.91 Å². The van der Waals surface area contributed by atoms with Gasteiger partial charge >= 0.3 is 0 Å². The Morgan fingerprint density at radius 1 is 0.938 bits per heavy atom. The predicted molar refractivity (Wildman–Crippen MR) is 126 cm³/mol. The summed E-state index contributed by atoms with van der Waals surface area (Å²) >= 11 is 0. The summed E-state index contributed by atoms with van der Waals surface area (Å²) in [6.45, 7) is 7.53. The lowest BCUT2D eigenvalue weighted by Gasteiger charge is -2.37. The van der Waals surface area contributed by atoms with Gasteiger partial charge in [0.05, 0.1) is 31.6 Å². The van der Waals surface area contributed by atoms with Gasteiger partial charge in [0.25, 0.3) is 0 Å². The van der Waals surface area contributed by atoms with E-state index in [0.717, 1.165) is 48.9 Å². The maximum atomic E-state index is 13.2. The first-order valence-electron chi connectivity index (χ1n) is 11.3. The third kappa shape index (κ3) is 5.71. The van der Waals surface area contributed by atoms with Crippen molar-refractivity contribution >= 4 is 11.6 Å². The molecule has 0 spiro atoms. The number of ether oxygens (including phenoxy) is 1. The number of piperazine rings is 1. The summed E-state index contributed by atoms with van der Waals surface area (Å²) in [4.78, 5) is 19.7. The molecule has 6 nitrogen and oxygen atoms in total. The Balaban J connectivity index is 1.36. The van der Waals surface area contributed by atoms with Crippen molar-refractivity contribution < 1.29 is 13.9 Å². The SMILES string of the molecule is CCOc1ccccc1N1CCN(CC(=O)N(Cc2ccccc2)Cc2ccco2)CC1. The number of furan rings is 1. The first kappa shape index (κ1) is 22.0. The van der Waals surface area contributed by atoms with E-state index in [0.29, 0.717) is 26.2 Å². The number of amides is 1. The molecule has 1 fully saturated rings. The standard InChI is InChI=1S/C26H31N3O3/c1-2-31-25-13-7-6-12-24(25)28-16-14-27(15-17-28)21-26(30)29(20-23-11-8-18-32-23)19-22-9-4-3-5-10-22/h3-13,18H,2,14-17,19-21H2,1H3. The minimum Gasteiger partial charge on any atom is -0.492 e. The van der Waals surface area contributed by atoms with E-state index in [1.807, 2.05) is 60.4 Å². The van der Waals surface area contributed by atoms with Crippen LogP contribution in [0.15, 0.2) is 77.4 Å². The number of carbonyl (C=O) groups excluding carboxylic acids is 1. The Hall–Kier alpha value is -3.25. The van der Waals surface area contributed by atoms with Crippen LogP contribution in [0.2, 0.25) is 0 Å². The third-order valence-corrected chi connectivity index (χ3v) is 5.73. The molecular formula is C26H31N3O3. The normalized spacial score (nSPS) is 14.3. The highest BCUT2D eigenvalue weighted by Crippen LogP contribution is 2.28. The van der Waals surface area contributed by atoms with E-state index in [9.17, 15) is 4.79 Å². The fourth-order valence-corrected chi connectivity index (χ4v) is 4.06. The van der Waals surface area contributed by atoms with Crippen molar-refractivity contribution in [3.63, 3.8) is 0 Å². The van der Waals surface area contributed by atoms with Crippen LogP contribution in [0.25, 0.3) is 0 Å². The number of carbonyl (C=O) groups is 1. The van der Waals surface area contributed by atoms with Gasteiger partial charge in [0.1, 0.15) is 11.5 Å². The van der Waals surface area contributed by atoms with Crippen molar-refractivity contribution in [2.45, 2.75) is 20.0 Å². The summed E-state index contributed by atoms with van der Waals surface area (Å²) < 4.78 is 11.3. The molecule has 168 valence electrons. The van der Waals surface area contributed by atoms with Gasteiger partial charge < -0.3 is 19.0 Å². The van der Waals surface area contributed by atoms with E-state index >= 15 is 0 Å². The van der Waals surface area contributed by atoms with Crippen LogP contribution in [0.3, 0.4) is 0 Å². The van der Waals surface area contributed by atoms with Crippen LogP contribution in [0, 0.1) is 0 Å². The molecule has 32 heavy (non-hydrogen) atoms. The maximum absolute atomic E-state index is 13.2. The second kappa shape index (κ2) is 10.9. The Morgan fingerprint density at radius 2 is 1.69 bits per heavy atom. The van der Waals surface area contributed by atoms with Crippen LogP contribution in [0.4, 0.5) is 5.69 Å². The van der Waals surface area contributed by atoms with Gasteiger partial charge in [-0.3, -0.25) is 9.69 Å². The number of anilines is 1. The van der Waals surface area contributed by atoms with Gasteiger partial charge in [0, 0.05) is 32.7 Å². The zero-order valence-electron chi connectivity index (χ0n) is 18.7. The third-order valence-electron chi connectivity index (χ3n) is 5.73. The Kier molecular flexibility index (Phi) is 7.46. The molecule has 0 radical (unpaired) electrons. The Labute approximate surface area is 190 Å². The van der Waals surface area contributed by atoms with E-state index in [1.54, 1.807) is 6.26 Å². The molecule has 0 atom stereocenters. The van der Waals surface area contributed by atoms with Gasteiger partial charge in [-0.2, -0.15) is 0 Å². The monoisotopic (exact) mass is 433 g/mol. The van der Waals surface area contributed by atoms with Crippen LogP contribution in [-0.4, -0.2) is 55.0 Å². The van der Waals surface area contributed by atoms with Crippen LogP contribution in [0.1, 0.15) is 18.2 Å². The predicted octanol–water partition coefficient (Wildman–Crippen LogP) is 4.03. The molecule has 0 N–H and O–H groups in total. The average molecular weight is 434 g/mol. The zero-order chi connectivity index (χ0) is 22.2. The number of hydrogen-bond acceptors (Lipinski definition) is 5. The van der Waals surface area contributed by atoms with E-state index in [1.165, 1.54) is 0 Å². The van der Waals surface area contributed by atoms with Crippen molar-refractivity contribution in [3.05, 3.63) is 84.3 Å². The van der Waals surface area contributed by atoms with Crippen LogP contribution in [0.5, 0.6) is 5.75 Å². The van der Waals surface area contributed by atoms with Gasteiger partial charge in [-0.15, -0.1) is 0 Å². The van der Waals surface area contributed by atoms with Crippen molar-refractivity contribution in [2.24, 2.45) is 0 Å². The molecule has 2 heterocycles. The Bertz CT molecular complexity index is 967. The second-order valence-electron chi connectivity index (χ2n) is 7.98. The van der Waals surface area contributed by atoms with Crippen LogP contribution < -0.4 is 9.64 Å². The smallest absolute Gasteiger partial charge is 0.237 e. The quantitative estimate of drug-likeness (QED) is 0.510. The molecule has 1 amide bonds. The summed E-state index contributed by atoms with van der Waals surface area (Å²) in [6, 6.07) is 22.1. The van der Waals surface area contributed by atoms with Crippen molar-refractivity contribution in [2.75, 3.05) is 44.2 Å². The minimum atomic E-state index is 0.119. The number of rotatable bonds is 9. The molecule has 2 aromatic carbocycles. The van der Waals surface area contributed by atoms with E-state index in [2.05, 4.69) is 28.0 Å². The highest BCUT2D eigenvalue weighted by molar-refractivity contribution is 5.78. The topological polar surface area (TPSA) is 49.2 Å². The summed E-state index contributed by atoms with van der Waals surface area (Å²) in [7, 11) is 0. The van der Waals surface area contributed by atoms with E-state index in [4.69, 9.17) is 9.15 Å². The molecule has 6 heteroatoms. The van der Waals surface area contributed by atoms with Gasteiger partial charge in [0.15, 0.2) is 0 Å². The molecule has 0 bridgehead atoms. The highest BCUT2D eigenvalue weighted by atomic mass is 16.5. The molecule has 1 aromatic heterocycles. The van der Waals surface area contributed by atoms with Crippen molar-refractivity contribution in [1.82, 2.24) is 9.80 Å². The number of benzene rings is 2. The molecule has 0 saturated carbocycles. The zero-order valence-corrected chi connectivity index (χ0v) is 18.7. The van der Waals surface area contributed by atoms with Gasteiger partial charge in [-0.25, -0.2) is 0 Å². The summed E-state index contributed by atoms with van der Waals surface area (Å²) in [6.07, 6.45) is 1.65. The molecular weight excluding hydrogens is 402 g/mol. The lowest BCUT2D eigenvalue weighted by atomic mass is 10.2. The number of para-hydroxylation sites is 2. The fraction of sp³-hybridized carbons (Fsp3) is 0.346. The van der Waals surface area contributed by atoms with E-state index < -0.39 is 0 Å². The van der Waals surface area contributed by atoms with Gasteiger partial charge in [0.2, 0.25) is 5.91 Å². The summed E-state index contributed by atoms with van der Waals surface area (Å²) in [5.41, 5.74) is 2.24. The molecule has 0 unspecified atom stereocenters. The molecule has 3 aromatic rings. The number of nitrogens with zero attached hydrogens (tertiary/aromatic N) is 3. The molecule has 1 saturated heterocycles. The molecule has 0 aliphatic carbocycles. The first-order valence-corrected chi connectivity index (χ1v) is 11.3. The summed E-state index contributed by atoms with van der Waals surface area (Å²) in [5, 5.41) is 0. The Morgan fingerprint density at radius 3 is 2.41 bits per heavy atom. The largest absolute Gasteiger partial charge is 0.492 e. The highest BCUT2D eigenvalue weighted by Gasteiger charge is 2.24. The van der Waals surface area contributed by atoms with Crippen molar-refractivity contribution in [3.8, 4) is 5.75 Å². The summed E-state index contributed by atoms with van der Waals surface area (Å²) in [5.74, 6) is 1.84. The van der Waals surface area contributed by atoms with Crippen LogP contribution in [-0.2, 0) is 17.9 Å². The van der Waals surface area contributed by atoms with Crippen molar-refractivity contribution in [1.29, 1.82) is 0 Å². The minimum absolute atomic E-state index is 0.119. The molecule has 1 aliphatic rings.